The molecule has 0 heterocycles. The monoisotopic (exact) mass is 255 g/mol. The molecular formula is C11H14ClN3O2. The summed E-state index contributed by atoms with van der Waals surface area (Å²) in [5.41, 5.74) is 5.95. The first-order valence-corrected chi connectivity index (χ1v) is 5.45. The average Bonchev–Trinajstić information content (AvgIpc) is 2.29. The fraction of sp³-hybridized carbons (Fsp3) is 0.273. The molecule has 0 unspecified atom stereocenters. The largest absolute Gasteiger partial charge is 0.346 e. The van der Waals surface area contributed by atoms with E-state index in [1.807, 2.05) is 0 Å². The number of rotatable bonds is 4. The highest BCUT2D eigenvalue weighted by Crippen LogP contribution is 2.12. The van der Waals surface area contributed by atoms with Gasteiger partial charge in [-0.3, -0.25) is 9.59 Å². The Hall–Kier alpha value is -1.59. The van der Waals surface area contributed by atoms with Crippen LogP contribution in [-0.2, 0) is 9.59 Å². The van der Waals surface area contributed by atoms with Gasteiger partial charge in [0, 0.05) is 10.7 Å². The smallest absolute Gasteiger partial charge is 0.243 e. The predicted octanol–water partition coefficient (Wildman–Crippen LogP) is 0.742. The van der Waals surface area contributed by atoms with Gasteiger partial charge in [-0.05, 0) is 31.2 Å². The zero-order valence-electron chi connectivity index (χ0n) is 9.37. The lowest BCUT2D eigenvalue weighted by molar-refractivity contribution is -0.124. The molecular weight excluding hydrogens is 242 g/mol. The molecule has 1 rings (SSSR count). The Balaban J connectivity index is 2.40. The molecule has 0 saturated carbocycles. The second-order valence-electron chi connectivity index (χ2n) is 3.56. The zero-order chi connectivity index (χ0) is 12.8. The molecule has 0 aromatic heterocycles. The number of hydrogen-bond acceptors (Lipinski definition) is 3. The highest BCUT2D eigenvalue weighted by Gasteiger charge is 2.09. The van der Waals surface area contributed by atoms with Crippen LogP contribution < -0.4 is 16.4 Å². The van der Waals surface area contributed by atoms with E-state index in [1.165, 1.54) is 0 Å². The van der Waals surface area contributed by atoms with Crippen molar-refractivity contribution in [3.63, 3.8) is 0 Å². The van der Waals surface area contributed by atoms with Crippen LogP contribution in [0.4, 0.5) is 5.69 Å². The number of nitrogens with two attached hydrogens (primary N) is 1. The topological polar surface area (TPSA) is 84.2 Å². The van der Waals surface area contributed by atoms with E-state index in [1.54, 1.807) is 31.2 Å². The molecule has 2 amide bonds. The fourth-order valence-corrected chi connectivity index (χ4v) is 1.19. The SMILES string of the molecule is C[C@@H](N)C(=O)NCC(=O)Nc1ccc(Cl)cc1. The van der Waals surface area contributed by atoms with E-state index in [2.05, 4.69) is 10.6 Å². The number of anilines is 1. The molecule has 0 aliphatic carbocycles. The van der Waals surface area contributed by atoms with Gasteiger partial charge in [0.15, 0.2) is 0 Å². The Bertz CT molecular complexity index is 404. The van der Waals surface area contributed by atoms with Crippen LogP contribution >= 0.6 is 11.6 Å². The van der Waals surface area contributed by atoms with E-state index in [9.17, 15) is 9.59 Å². The molecule has 0 saturated heterocycles. The summed E-state index contributed by atoms with van der Waals surface area (Å²) >= 11 is 5.70. The second kappa shape index (κ2) is 6.22. The van der Waals surface area contributed by atoms with Gasteiger partial charge in [-0.15, -0.1) is 0 Å². The summed E-state index contributed by atoms with van der Waals surface area (Å²) in [4.78, 5) is 22.5. The Morgan fingerprint density at radius 2 is 1.94 bits per heavy atom. The van der Waals surface area contributed by atoms with Crippen molar-refractivity contribution in [1.29, 1.82) is 0 Å². The van der Waals surface area contributed by atoms with Crippen LogP contribution in [-0.4, -0.2) is 24.4 Å². The van der Waals surface area contributed by atoms with Crippen LogP contribution in [0.25, 0.3) is 0 Å². The normalized spacial score (nSPS) is 11.7. The van der Waals surface area contributed by atoms with E-state index in [-0.39, 0.29) is 18.4 Å². The standard InChI is InChI=1S/C11H14ClN3O2/c1-7(13)11(17)14-6-10(16)15-9-4-2-8(12)3-5-9/h2-5,7H,6,13H2,1H3,(H,14,17)(H,15,16)/t7-/m1/s1. The highest BCUT2D eigenvalue weighted by atomic mass is 35.5. The molecule has 0 radical (unpaired) electrons. The van der Waals surface area contributed by atoms with Gasteiger partial charge in [0.05, 0.1) is 12.6 Å². The van der Waals surface area contributed by atoms with Gasteiger partial charge in [0.2, 0.25) is 11.8 Å². The first-order chi connectivity index (χ1) is 7.99. The lowest BCUT2D eigenvalue weighted by Gasteiger charge is -2.08. The van der Waals surface area contributed by atoms with Crippen LogP contribution in [0, 0.1) is 0 Å². The summed E-state index contributed by atoms with van der Waals surface area (Å²) in [6, 6.07) is 6.05. The quantitative estimate of drug-likeness (QED) is 0.742. The van der Waals surface area contributed by atoms with Crippen molar-refractivity contribution in [2.75, 3.05) is 11.9 Å². The van der Waals surface area contributed by atoms with Crippen LogP contribution in [0.5, 0.6) is 0 Å². The van der Waals surface area contributed by atoms with E-state index < -0.39 is 6.04 Å². The van der Waals surface area contributed by atoms with Crippen molar-refractivity contribution in [3.05, 3.63) is 29.3 Å². The first kappa shape index (κ1) is 13.5. The molecule has 4 N–H and O–H groups in total. The van der Waals surface area contributed by atoms with Crippen molar-refractivity contribution in [3.8, 4) is 0 Å². The summed E-state index contributed by atoms with van der Waals surface area (Å²) < 4.78 is 0. The molecule has 1 aromatic rings. The fourth-order valence-electron chi connectivity index (χ4n) is 1.07. The molecule has 0 aliphatic rings. The van der Waals surface area contributed by atoms with Gasteiger partial charge in [-0.1, -0.05) is 11.6 Å². The van der Waals surface area contributed by atoms with Crippen molar-refractivity contribution in [2.45, 2.75) is 13.0 Å². The Morgan fingerprint density at radius 1 is 1.35 bits per heavy atom. The maximum absolute atomic E-state index is 11.4. The van der Waals surface area contributed by atoms with Crippen molar-refractivity contribution >= 4 is 29.1 Å². The molecule has 0 bridgehead atoms. The van der Waals surface area contributed by atoms with E-state index in [0.29, 0.717) is 10.7 Å². The first-order valence-electron chi connectivity index (χ1n) is 5.08. The van der Waals surface area contributed by atoms with E-state index >= 15 is 0 Å². The van der Waals surface area contributed by atoms with E-state index in [4.69, 9.17) is 17.3 Å². The molecule has 5 nitrogen and oxygen atoms in total. The molecule has 17 heavy (non-hydrogen) atoms. The molecule has 6 heteroatoms. The van der Waals surface area contributed by atoms with E-state index in [0.717, 1.165) is 0 Å². The summed E-state index contributed by atoms with van der Waals surface area (Å²) in [6.07, 6.45) is 0. The average molecular weight is 256 g/mol. The summed E-state index contributed by atoms with van der Waals surface area (Å²) in [5.74, 6) is -0.683. The maximum atomic E-state index is 11.4. The molecule has 0 fully saturated rings. The number of carbonyl (C=O) groups is 2. The minimum Gasteiger partial charge on any atom is -0.346 e. The highest BCUT2D eigenvalue weighted by molar-refractivity contribution is 6.30. The van der Waals surface area contributed by atoms with Gasteiger partial charge in [0.25, 0.3) is 0 Å². The summed E-state index contributed by atoms with van der Waals surface area (Å²) in [6.45, 7) is 1.44. The zero-order valence-corrected chi connectivity index (χ0v) is 10.1. The lowest BCUT2D eigenvalue weighted by Crippen LogP contribution is -2.41. The van der Waals surface area contributed by atoms with Crippen LogP contribution in [0.15, 0.2) is 24.3 Å². The summed E-state index contributed by atoms with van der Waals surface area (Å²) in [7, 11) is 0. The summed E-state index contributed by atoms with van der Waals surface area (Å²) in [5, 5.41) is 5.61. The number of nitrogens with one attached hydrogen (secondary N) is 2. The third kappa shape index (κ3) is 4.84. The second-order valence-corrected chi connectivity index (χ2v) is 4.00. The molecule has 0 spiro atoms. The van der Waals surface area contributed by atoms with Crippen LogP contribution in [0.3, 0.4) is 0 Å². The van der Waals surface area contributed by atoms with Crippen molar-refractivity contribution in [1.82, 2.24) is 5.32 Å². The molecule has 0 aliphatic heterocycles. The lowest BCUT2D eigenvalue weighted by atomic mass is 10.3. The number of carbonyl (C=O) groups excluding carboxylic acids is 2. The number of amides is 2. The van der Waals surface area contributed by atoms with Gasteiger partial charge >= 0.3 is 0 Å². The Kier molecular flexibility index (Phi) is 4.93. The van der Waals surface area contributed by atoms with Crippen LogP contribution in [0.1, 0.15) is 6.92 Å². The number of hydrogen-bond donors (Lipinski definition) is 3. The Morgan fingerprint density at radius 3 is 2.47 bits per heavy atom. The number of halogens is 1. The third-order valence-corrected chi connectivity index (χ3v) is 2.22. The Labute approximate surface area is 104 Å². The van der Waals surface area contributed by atoms with Gasteiger partial charge in [-0.25, -0.2) is 0 Å². The van der Waals surface area contributed by atoms with Gasteiger partial charge in [0.1, 0.15) is 0 Å². The molecule has 1 aromatic carbocycles. The minimum absolute atomic E-state index is 0.108. The van der Waals surface area contributed by atoms with Crippen LogP contribution in [0.2, 0.25) is 5.02 Å². The van der Waals surface area contributed by atoms with Gasteiger partial charge in [-0.2, -0.15) is 0 Å². The maximum Gasteiger partial charge on any atom is 0.243 e. The van der Waals surface area contributed by atoms with Crippen molar-refractivity contribution in [2.24, 2.45) is 5.73 Å². The minimum atomic E-state index is -0.627. The number of benzene rings is 1. The predicted molar refractivity (Wildman–Crippen MR) is 66.7 cm³/mol. The van der Waals surface area contributed by atoms with Crippen molar-refractivity contribution < 1.29 is 9.59 Å². The molecule has 1 atom stereocenters. The van der Waals surface area contributed by atoms with Gasteiger partial charge < -0.3 is 16.4 Å². The third-order valence-electron chi connectivity index (χ3n) is 1.96. The molecule has 92 valence electrons.